The molecule has 0 amide bonds. The van der Waals surface area contributed by atoms with Crippen molar-refractivity contribution >= 4 is 5.97 Å². The Labute approximate surface area is 114 Å². The first-order chi connectivity index (χ1) is 9.08. The molecule has 0 aromatic heterocycles. The summed E-state index contributed by atoms with van der Waals surface area (Å²) < 4.78 is 4.73. The van der Waals surface area contributed by atoms with Crippen molar-refractivity contribution in [2.45, 2.75) is 32.4 Å². The number of hydrogen-bond acceptors (Lipinski definition) is 4. The van der Waals surface area contributed by atoms with Gasteiger partial charge < -0.3 is 15.2 Å². The molecule has 0 aliphatic rings. The minimum absolute atomic E-state index is 0.0348. The van der Waals surface area contributed by atoms with Gasteiger partial charge in [0.2, 0.25) is 0 Å². The summed E-state index contributed by atoms with van der Waals surface area (Å²) in [6, 6.07) is 9.86. The Balaban J connectivity index is 2.54. The van der Waals surface area contributed by atoms with Crippen LogP contribution in [0.25, 0.3) is 0 Å². The van der Waals surface area contributed by atoms with Gasteiger partial charge in [-0.3, -0.25) is 4.79 Å². The normalized spacial score (nSPS) is 15.6. The number of hydrogen-bond donors (Lipinski definition) is 2. The Morgan fingerprint density at radius 2 is 1.95 bits per heavy atom. The van der Waals surface area contributed by atoms with Crippen LogP contribution in [0.4, 0.5) is 0 Å². The molecule has 0 spiro atoms. The van der Waals surface area contributed by atoms with E-state index in [-0.39, 0.29) is 30.6 Å². The molecule has 0 saturated carbocycles. The lowest BCUT2D eigenvalue weighted by Gasteiger charge is -2.25. The van der Waals surface area contributed by atoms with Crippen molar-refractivity contribution in [1.82, 2.24) is 5.32 Å². The molecular formula is C15H23NO3. The number of rotatable bonds is 7. The second-order valence-electron chi connectivity index (χ2n) is 4.84. The summed E-state index contributed by atoms with van der Waals surface area (Å²) in [5, 5.41) is 12.7. The van der Waals surface area contributed by atoms with E-state index in [9.17, 15) is 9.90 Å². The predicted molar refractivity (Wildman–Crippen MR) is 74.8 cm³/mol. The maximum absolute atomic E-state index is 11.5. The van der Waals surface area contributed by atoms with Crippen molar-refractivity contribution in [2.24, 2.45) is 5.92 Å². The smallest absolute Gasteiger partial charge is 0.309 e. The molecule has 1 aromatic carbocycles. The van der Waals surface area contributed by atoms with Gasteiger partial charge in [0, 0.05) is 12.1 Å². The summed E-state index contributed by atoms with van der Waals surface area (Å²) in [6.07, 6.45) is 0.732. The van der Waals surface area contributed by atoms with Crippen molar-refractivity contribution in [3.05, 3.63) is 35.9 Å². The number of aliphatic hydroxyl groups is 1. The van der Waals surface area contributed by atoms with Crippen molar-refractivity contribution in [1.29, 1.82) is 0 Å². The van der Waals surface area contributed by atoms with Gasteiger partial charge in [-0.05, 0) is 18.9 Å². The molecule has 1 rings (SSSR count). The number of benzene rings is 1. The third-order valence-electron chi connectivity index (χ3n) is 3.37. The number of ether oxygens (including phenoxy) is 1. The highest BCUT2D eigenvalue weighted by atomic mass is 16.5. The molecule has 0 saturated heterocycles. The zero-order valence-corrected chi connectivity index (χ0v) is 11.8. The van der Waals surface area contributed by atoms with Gasteiger partial charge in [-0.25, -0.2) is 0 Å². The van der Waals surface area contributed by atoms with E-state index in [1.807, 2.05) is 44.2 Å². The average molecular weight is 265 g/mol. The fourth-order valence-corrected chi connectivity index (χ4v) is 1.98. The maximum atomic E-state index is 11.5. The van der Waals surface area contributed by atoms with Crippen LogP contribution in [0, 0.1) is 5.92 Å². The van der Waals surface area contributed by atoms with Gasteiger partial charge in [-0.1, -0.05) is 37.3 Å². The fourth-order valence-electron chi connectivity index (χ4n) is 1.98. The van der Waals surface area contributed by atoms with Gasteiger partial charge in [-0.15, -0.1) is 0 Å². The molecule has 0 fully saturated rings. The van der Waals surface area contributed by atoms with E-state index in [0.29, 0.717) is 0 Å². The summed E-state index contributed by atoms with van der Waals surface area (Å²) in [7, 11) is 1.39. The van der Waals surface area contributed by atoms with Gasteiger partial charge in [0.05, 0.1) is 19.6 Å². The number of esters is 1. The summed E-state index contributed by atoms with van der Waals surface area (Å²) >= 11 is 0. The molecule has 0 radical (unpaired) electrons. The number of nitrogens with one attached hydrogen (secondary N) is 1. The van der Waals surface area contributed by atoms with Crippen LogP contribution in [0.2, 0.25) is 0 Å². The van der Waals surface area contributed by atoms with E-state index in [1.165, 1.54) is 7.11 Å². The number of methoxy groups -OCH3 is 1. The van der Waals surface area contributed by atoms with Gasteiger partial charge in [0.15, 0.2) is 0 Å². The largest absolute Gasteiger partial charge is 0.469 e. The van der Waals surface area contributed by atoms with Crippen LogP contribution < -0.4 is 5.32 Å². The molecule has 0 heterocycles. The Bertz CT molecular complexity index is 380. The molecule has 1 aromatic rings. The Morgan fingerprint density at radius 1 is 1.32 bits per heavy atom. The number of carbonyl (C=O) groups excluding carboxylic acids is 1. The highest BCUT2D eigenvalue weighted by Crippen LogP contribution is 2.08. The van der Waals surface area contributed by atoms with Crippen LogP contribution >= 0.6 is 0 Å². The van der Waals surface area contributed by atoms with Gasteiger partial charge in [0.25, 0.3) is 0 Å². The molecule has 106 valence electrons. The lowest BCUT2D eigenvalue weighted by atomic mass is 10.0. The maximum Gasteiger partial charge on any atom is 0.309 e. The van der Waals surface area contributed by atoms with Crippen molar-refractivity contribution in [2.75, 3.05) is 13.7 Å². The molecule has 0 bridgehead atoms. The third kappa shape index (κ3) is 5.01. The quantitative estimate of drug-likeness (QED) is 0.731. The Hall–Kier alpha value is -1.39. The van der Waals surface area contributed by atoms with E-state index in [4.69, 9.17) is 4.74 Å². The summed E-state index contributed by atoms with van der Waals surface area (Å²) in [5.41, 5.74) is 1.16. The van der Waals surface area contributed by atoms with Gasteiger partial charge >= 0.3 is 5.97 Å². The van der Waals surface area contributed by atoms with Crippen LogP contribution in [-0.4, -0.2) is 36.9 Å². The molecule has 0 aliphatic carbocycles. The highest BCUT2D eigenvalue weighted by molar-refractivity contribution is 5.72. The van der Waals surface area contributed by atoms with Crippen LogP contribution in [0.15, 0.2) is 30.3 Å². The summed E-state index contributed by atoms with van der Waals surface area (Å²) in [5.74, 6) is -0.480. The lowest BCUT2D eigenvalue weighted by Crippen LogP contribution is -2.45. The van der Waals surface area contributed by atoms with E-state index in [2.05, 4.69) is 5.32 Å². The molecule has 4 heteroatoms. The van der Waals surface area contributed by atoms with E-state index < -0.39 is 0 Å². The second kappa shape index (κ2) is 7.92. The van der Waals surface area contributed by atoms with Crippen LogP contribution in [0.1, 0.15) is 19.4 Å². The van der Waals surface area contributed by atoms with Crippen molar-refractivity contribution < 1.29 is 14.6 Å². The van der Waals surface area contributed by atoms with E-state index >= 15 is 0 Å². The first kappa shape index (κ1) is 15.7. The Kier molecular flexibility index (Phi) is 6.53. The SMILES string of the molecule is COC(=O)C(C)C(C)NC(CO)Cc1ccccc1. The van der Waals surface area contributed by atoms with Crippen LogP contribution in [0.5, 0.6) is 0 Å². The molecule has 3 atom stereocenters. The van der Waals surface area contributed by atoms with Gasteiger partial charge in [-0.2, -0.15) is 0 Å². The van der Waals surface area contributed by atoms with Crippen LogP contribution in [-0.2, 0) is 16.0 Å². The second-order valence-corrected chi connectivity index (χ2v) is 4.84. The fraction of sp³-hybridized carbons (Fsp3) is 0.533. The predicted octanol–water partition coefficient (Wildman–Crippen LogP) is 1.38. The zero-order chi connectivity index (χ0) is 14.3. The third-order valence-corrected chi connectivity index (χ3v) is 3.37. The average Bonchev–Trinajstić information content (AvgIpc) is 2.45. The standard InChI is InChI=1S/C15H23NO3/c1-11(15(18)19-3)12(2)16-14(10-17)9-13-7-5-4-6-8-13/h4-8,11-12,14,16-17H,9-10H2,1-3H3. The molecule has 3 unspecified atom stereocenters. The van der Waals surface area contributed by atoms with E-state index in [1.54, 1.807) is 0 Å². The monoisotopic (exact) mass is 265 g/mol. The first-order valence-electron chi connectivity index (χ1n) is 6.57. The summed E-state index contributed by atoms with van der Waals surface area (Å²) in [6.45, 7) is 3.78. The molecule has 2 N–H and O–H groups in total. The number of aliphatic hydroxyl groups excluding tert-OH is 1. The van der Waals surface area contributed by atoms with Gasteiger partial charge in [0.1, 0.15) is 0 Å². The highest BCUT2D eigenvalue weighted by Gasteiger charge is 2.23. The van der Waals surface area contributed by atoms with Crippen molar-refractivity contribution in [3.8, 4) is 0 Å². The number of carbonyl (C=O) groups is 1. The molecular weight excluding hydrogens is 242 g/mol. The molecule has 0 aliphatic heterocycles. The molecule has 19 heavy (non-hydrogen) atoms. The minimum Gasteiger partial charge on any atom is -0.469 e. The zero-order valence-electron chi connectivity index (χ0n) is 11.8. The Morgan fingerprint density at radius 3 is 2.47 bits per heavy atom. The summed E-state index contributed by atoms with van der Waals surface area (Å²) in [4.78, 5) is 11.5. The minimum atomic E-state index is -0.241. The van der Waals surface area contributed by atoms with E-state index in [0.717, 1.165) is 12.0 Å². The van der Waals surface area contributed by atoms with Crippen molar-refractivity contribution in [3.63, 3.8) is 0 Å². The lowest BCUT2D eigenvalue weighted by molar-refractivity contribution is -0.145. The first-order valence-corrected chi connectivity index (χ1v) is 6.57. The topological polar surface area (TPSA) is 58.6 Å². The van der Waals surface area contributed by atoms with Crippen LogP contribution in [0.3, 0.4) is 0 Å². The molecule has 4 nitrogen and oxygen atoms in total.